The summed E-state index contributed by atoms with van der Waals surface area (Å²) in [6.45, 7) is 8.73. The topological polar surface area (TPSA) is 18.5 Å². The van der Waals surface area contributed by atoms with Crippen LogP contribution in [0.4, 0.5) is 0 Å². The highest BCUT2D eigenvalue weighted by atomic mass is 32.2. The van der Waals surface area contributed by atoms with Gasteiger partial charge in [0, 0.05) is 16.9 Å². The molecule has 0 saturated heterocycles. The second-order valence-electron chi connectivity index (χ2n) is 6.48. The van der Waals surface area contributed by atoms with Crippen molar-refractivity contribution in [3.63, 3.8) is 0 Å². The van der Waals surface area contributed by atoms with Crippen molar-refractivity contribution < 1.29 is 8.92 Å². The molecule has 130 valence electrons. The molecule has 0 spiro atoms. The van der Waals surface area contributed by atoms with Crippen molar-refractivity contribution in [2.75, 3.05) is 0 Å². The number of benzene rings is 2. The Morgan fingerprint density at radius 3 is 2.17 bits per heavy atom. The van der Waals surface area contributed by atoms with Crippen LogP contribution in [0.15, 0.2) is 59.5 Å². The van der Waals surface area contributed by atoms with E-state index in [1.807, 2.05) is 49.4 Å². The van der Waals surface area contributed by atoms with Crippen LogP contribution < -0.4 is 4.74 Å². The van der Waals surface area contributed by atoms with Crippen LogP contribution in [0.25, 0.3) is 0 Å². The maximum absolute atomic E-state index is 5.84. The Hall–Kier alpha value is -1.45. The second-order valence-corrected chi connectivity index (χ2v) is 7.31. The van der Waals surface area contributed by atoms with Crippen molar-refractivity contribution in [2.24, 2.45) is 5.92 Å². The molecule has 0 N–H and O–H groups in total. The minimum absolute atomic E-state index is 0.307. The van der Waals surface area contributed by atoms with Gasteiger partial charge in [0.2, 0.25) is 6.29 Å². The first-order valence-corrected chi connectivity index (χ1v) is 9.47. The number of hydrogen-bond acceptors (Lipinski definition) is 3. The molecule has 0 saturated carbocycles. The average Bonchev–Trinajstić information content (AvgIpc) is 2.59. The van der Waals surface area contributed by atoms with Gasteiger partial charge in [-0.25, -0.2) is 0 Å². The molecule has 0 bridgehead atoms. The molecular formula is C21H28O2S. The summed E-state index contributed by atoms with van der Waals surface area (Å²) in [5, 5.41) is 0. The molecule has 2 unspecified atom stereocenters. The zero-order valence-electron chi connectivity index (χ0n) is 15.1. The molecule has 2 aromatic carbocycles. The van der Waals surface area contributed by atoms with Crippen LogP contribution in [-0.2, 0) is 4.18 Å². The molecule has 0 aromatic heterocycles. The Morgan fingerprint density at radius 1 is 0.917 bits per heavy atom. The van der Waals surface area contributed by atoms with Gasteiger partial charge in [0.05, 0.1) is 0 Å². The van der Waals surface area contributed by atoms with Crippen molar-refractivity contribution in [1.29, 1.82) is 0 Å². The van der Waals surface area contributed by atoms with Crippen LogP contribution in [0, 0.1) is 5.92 Å². The van der Waals surface area contributed by atoms with E-state index in [2.05, 4.69) is 32.9 Å². The summed E-state index contributed by atoms with van der Waals surface area (Å²) in [6, 6.07) is 18.5. The van der Waals surface area contributed by atoms with Crippen molar-refractivity contribution in [3.05, 3.63) is 60.2 Å². The lowest BCUT2D eigenvalue weighted by atomic mass is 9.88. The molecule has 2 atom stereocenters. The number of hydrogen-bond donors (Lipinski definition) is 0. The highest BCUT2D eigenvalue weighted by molar-refractivity contribution is 7.94. The van der Waals surface area contributed by atoms with E-state index in [0.717, 1.165) is 10.6 Å². The van der Waals surface area contributed by atoms with Crippen molar-refractivity contribution >= 4 is 12.0 Å². The minimum atomic E-state index is -0.307. The molecule has 2 nitrogen and oxygen atoms in total. The summed E-state index contributed by atoms with van der Waals surface area (Å²) >= 11 is 1.34. The zero-order chi connectivity index (χ0) is 17.4. The molecule has 0 aliphatic rings. The summed E-state index contributed by atoms with van der Waals surface area (Å²) in [5.74, 6) is 2.19. The highest BCUT2D eigenvalue weighted by Crippen LogP contribution is 2.29. The molecule has 0 radical (unpaired) electrons. The quantitative estimate of drug-likeness (QED) is 0.373. The molecule has 3 heteroatoms. The molecule has 2 aromatic rings. The maximum atomic E-state index is 5.84. The van der Waals surface area contributed by atoms with E-state index in [0.29, 0.717) is 11.8 Å². The van der Waals surface area contributed by atoms with E-state index in [9.17, 15) is 0 Å². The standard InChI is InChI=1S/C21H28O2S/c1-5-18(15-16(2)3)19-11-13-20(14-12-19)22-17(4)23-24-21-9-7-6-8-10-21/h6-14,16-18H,5,15H2,1-4H3. The Labute approximate surface area is 150 Å². The molecule has 0 aliphatic carbocycles. The lowest BCUT2D eigenvalue weighted by Gasteiger charge is -2.19. The van der Waals surface area contributed by atoms with Gasteiger partial charge in [-0.3, -0.25) is 4.18 Å². The predicted octanol–water partition coefficient (Wildman–Crippen LogP) is 6.68. The largest absolute Gasteiger partial charge is 0.464 e. The fourth-order valence-corrected chi connectivity index (χ4v) is 3.29. The lowest BCUT2D eigenvalue weighted by molar-refractivity contribution is 0.0404. The number of rotatable bonds is 9. The molecule has 0 heterocycles. The second kappa shape index (κ2) is 9.75. The van der Waals surface area contributed by atoms with Gasteiger partial charge in [0.25, 0.3) is 0 Å². The molecular weight excluding hydrogens is 316 g/mol. The first-order valence-electron chi connectivity index (χ1n) is 8.73. The zero-order valence-corrected chi connectivity index (χ0v) is 15.9. The van der Waals surface area contributed by atoms with Gasteiger partial charge in [0.15, 0.2) is 0 Å². The smallest absolute Gasteiger partial charge is 0.209 e. The van der Waals surface area contributed by atoms with Gasteiger partial charge in [0.1, 0.15) is 5.75 Å². The van der Waals surface area contributed by atoms with Crippen molar-refractivity contribution in [3.8, 4) is 5.75 Å². The summed E-state index contributed by atoms with van der Waals surface area (Å²) in [5.41, 5.74) is 1.39. The van der Waals surface area contributed by atoms with Crippen molar-refractivity contribution in [1.82, 2.24) is 0 Å². The highest BCUT2D eigenvalue weighted by Gasteiger charge is 2.12. The third-order valence-electron chi connectivity index (χ3n) is 3.93. The number of ether oxygens (including phenoxy) is 1. The van der Waals surface area contributed by atoms with Gasteiger partial charge >= 0.3 is 0 Å². The van der Waals surface area contributed by atoms with Crippen LogP contribution in [-0.4, -0.2) is 6.29 Å². The summed E-state index contributed by atoms with van der Waals surface area (Å²) in [6.07, 6.45) is 2.09. The van der Waals surface area contributed by atoms with Crippen LogP contribution in [0.5, 0.6) is 5.75 Å². The molecule has 0 fully saturated rings. The fourth-order valence-electron chi connectivity index (χ4n) is 2.74. The van der Waals surface area contributed by atoms with Gasteiger partial charge in [-0.1, -0.05) is 51.1 Å². The van der Waals surface area contributed by atoms with E-state index >= 15 is 0 Å². The molecule has 0 amide bonds. The SMILES string of the molecule is CCC(CC(C)C)c1ccc(OC(C)OSc2ccccc2)cc1. The van der Waals surface area contributed by atoms with Gasteiger partial charge < -0.3 is 4.74 Å². The maximum Gasteiger partial charge on any atom is 0.209 e. The van der Waals surface area contributed by atoms with E-state index in [1.54, 1.807) is 0 Å². The predicted molar refractivity (Wildman–Crippen MR) is 102 cm³/mol. The lowest BCUT2D eigenvalue weighted by Crippen LogP contribution is -2.12. The van der Waals surface area contributed by atoms with E-state index in [4.69, 9.17) is 8.92 Å². The Bertz CT molecular complexity index is 581. The van der Waals surface area contributed by atoms with Crippen LogP contribution in [0.1, 0.15) is 52.0 Å². The summed E-state index contributed by atoms with van der Waals surface area (Å²) < 4.78 is 11.5. The molecule has 2 rings (SSSR count). The van der Waals surface area contributed by atoms with E-state index in [-0.39, 0.29) is 6.29 Å². The van der Waals surface area contributed by atoms with Crippen LogP contribution >= 0.6 is 12.0 Å². The monoisotopic (exact) mass is 344 g/mol. The third kappa shape index (κ3) is 6.21. The van der Waals surface area contributed by atoms with Crippen LogP contribution in [0.3, 0.4) is 0 Å². The summed E-state index contributed by atoms with van der Waals surface area (Å²) in [7, 11) is 0. The summed E-state index contributed by atoms with van der Waals surface area (Å²) in [4.78, 5) is 1.07. The van der Waals surface area contributed by atoms with Crippen LogP contribution in [0.2, 0.25) is 0 Å². The van der Waals surface area contributed by atoms with E-state index < -0.39 is 0 Å². The molecule has 0 aliphatic heterocycles. The molecule has 24 heavy (non-hydrogen) atoms. The first kappa shape index (κ1) is 18.9. The first-order chi connectivity index (χ1) is 11.6. The Balaban J connectivity index is 1.86. The van der Waals surface area contributed by atoms with Crippen molar-refractivity contribution in [2.45, 2.75) is 57.6 Å². The Morgan fingerprint density at radius 2 is 1.58 bits per heavy atom. The Kier molecular flexibility index (Phi) is 7.67. The average molecular weight is 345 g/mol. The third-order valence-corrected chi connectivity index (χ3v) is 4.76. The normalized spacial score (nSPS) is 13.7. The van der Waals surface area contributed by atoms with Gasteiger partial charge in [-0.2, -0.15) is 0 Å². The van der Waals surface area contributed by atoms with Gasteiger partial charge in [-0.15, -0.1) is 0 Å². The fraction of sp³-hybridized carbons (Fsp3) is 0.429. The van der Waals surface area contributed by atoms with E-state index in [1.165, 1.54) is 30.4 Å². The van der Waals surface area contributed by atoms with Gasteiger partial charge in [-0.05, 0) is 61.4 Å². The minimum Gasteiger partial charge on any atom is -0.464 e.